The maximum absolute atomic E-state index is 12.5. The van der Waals surface area contributed by atoms with E-state index in [0.29, 0.717) is 19.6 Å². The molecular weight excluding hydrogens is 306 g/mol. The predicted molar refractivity (Wildman–Crippen MR) is 74.7 cm³/mol. The van der Waals surface area contributed by atoms with Gasteiger partial charge in [0.25, 0.3) is 10.0 Å². The van der Waals surface area contributed by atoms with Crippen LogP contribution in [0.2, 0.25) is 0 Å². The molecule has 1 fully saturated rings. The van der Waals surface area contributed by atoms with Crippen molar-refractivity contribution >= 4 is 32.0 Å². The second kappa shape index (κ2) is 5.64. The van der Waals surface area contributed by atoms with Crippen molar-refractivity contribution < 1.29 is 18.1 Å². The van der Waals surface area contributed by atoms with Gasteiger partial charge in [0.15, 0.2) is 5.00 Å². The lowest BCUT2D eigenvalue weighted by Gasteiger charge is -2.21. The van der Waals surface area contributed by atoms with Crippen LogP contribution in [0.15, 0.2) is 10.3 Å². The molecule has 8 nitrogen and oxygen atoms in total. The summed E-state index contributed by atoms with van der Waals surface area (Å²) in [5, 5.41) is 13.8. The molecular formula is C10H15N3O5S2. The van der Waals surface area contributed by atoms with Gasteiger partial charge in [-0.1, -0.05) is 11.3 Å². The topological polar surface area (TPSA) is 102 Å². The van der Waals surface area contributed by atoms with E-state index in [0.717, 1.165) is 17.4 Å². The highest BCUT2D eigenvalue weighted by Gasteiger charge is 2.34. The first-order chi connectivity index (χ1) is 9.37. The van der Waals surface area contributed by atoms with Gasteiger partial charge in [-0.25, -0.2) is 8.42 Å². The summed E-state index contributed by atoms with van der Waals surface area (Å²) in [7, 11) is -0.751. The Bertz CT molecular complexity index is 606. The minimum Gasteiger partial charge on any atom is -0.380 e. The van der Waals surface area contributed by atoms with Gasteiger partial charge in [0.1, 0.15) is 4.21 Å². The van der Waals surface area contributed by atoms with Crippen LogP contribution in [0.1, 0.15) is 6.42 Å². The molecule has 1 aliphatic rings. The van der Waals surface area contributed by atoms with Crippen molar-refractivity contribution in [3.63, 3.8) is 0 Å². The summed E-state index contributed by atoms with van der Waals surface area (Å²) in [4.78, 5) is 10.3. The molecule has 1 aromatic rings. The van der Waals surface area contributed by atoms with Gasteiger partial charge in [-0.3, -0.25) is 10.1 Å². The lowest BCUT2D eigenvalue weighted by molar-refractivity contribution is -0.383. The lowest BCUT2D eigenvalue weighted by atomic mass is 10.3. The Balaban J connectivity index is 2.36. The van der Waals surface area contributed by atoms with Crippen LogP contribution in [-0.2, 0) is 14.8 Å². The zero-order valence-corrected chi connectivity index (χ0v) is 12.7. The fourth-order valence-corrected chi connectivity index (χ4v) is 4.79. The third-order valence-electron chi connectivity index (χ3n) is 3.17. The number of ether oxygens (including phenoxy) is 1. The zero-order chi connectivity index (χ0) is 14.9. The number of sulfonamides is 1. The molecule has 0 aromatic carbocycles. The molecule has 1 saturated heterocycles. The zero-order valence-electron chi connectivity index (χ0n) is 11.0. The molecule has 1 N–H and O–H groups in total. The van der Waals surface area contributed by atoms with Crippen molar-refractivity contribution in [2.75, 3.05) is 32.6 Å². The van der Waals surface area contributed by atoms with Gasteiger partial charge in [-0.2, -0.15) is 4.31 Å². The van der Waals surface area contributed by atoms with Gasteiger partial charge in [-0.05, 0) is 6.42 Å². The second-order valence-electron chi connectivity index (χ2n) is 4.33. The first kappa shape index (κ1) is 15.2. The number of hydrogen-bond acceptors (Lipinski definition) is 7. The Hall–Kier alpha value is -1.23. The van der Waals surface area contributed by atoms with Crippen molar-refractivity contribution in [2.45, 2.75) is 16.7 Å². The van der Waals surface area contributed by atoms with Crippen LogP contribution >= 0.6 is 11.3 Å². The Labute approximate surface area is 120 Å². The van der Waals surface area contributed by atoms with Crippen LogP contribution in [0.5, 0.6) is 0 Å². The van der Waals surface area contributed by atoms with E-state index >= 15 is 0 Å². The minimum absolute atomic E-state index is 0.0389. The summed E-state index contributed by atoms with van der Waals surface area (Å²) in [6.45, 7) is 0.874. The van der Waals surface area contributed by atoms with Crippen molar-refractivity contribution in [2.24, 2.45) is 0 Å². The molecule has 1 atom stereocenters. The van der Waals surface area contributed by atoms with Crippen LogP contribution in [-0.4, -0.2) is 51.0 Å². The number of likely N-dealkylation sites (N-methyl/N-ethyl adjacent to an activating group) is 1. The quantitative estimate of drug-likeness (QED) is 0.644. The van der Waals surface area contributed by atoms with Crippen molar-refractivity contribution in [1.29, 1.82) is 0 Å². The molecule has 0 saturated carbocycles. The number of nitrogens with one attached hydrogen (secondary N) is 1. The summed E-state index contributed by atoms with van der Waals surface area (Å²) < 4.78 is 31.3. The van der Waals surface area contributed by atoms with Gasteiger partial charge in [0.2, 0.25) is 0 Å². The van der Waals surface area contributed by atoms with Gasteiger partial charge in [0, 0.05) is 26.8 Å². The molecule has 2 rings (SSSR count). The van der Waals surface area contributed by atoms with E-state index in [1.807, 2.05) is 0 Å². The van der Waals surface area contributed by atoms with E-state index in [1.54, 1.807) is 0 Å². The number of nitrogens with zero attached hydrogens (tertiary/aromatic N) is 2. The SMILES string of the molecule is CNc1sc(S(=O)(=O)N(C)C2CCOC2)cc1[N+](=O)[O-]. The smallest absolute Gasteiger partial charge is 0.304 e. The highest BCUT2D eigenvalue weighted by Crippen LogP contribution is 2.38. The number of rotatable bonds is 5. The van der Waals surface area contributed by atoms with Gasteiger partial charge < -0.3 is 10.1 Å². The molecule has 0 bridgehead atoms. The van der Waals surface area contributed by atoms with Gasteiger partial charge in [0.05, 0.1) is 17.6 Å². The minimum atomic E-state index is -3.74. The van der Waals surface area contributed by atoms with Crippen molar-refractivity contribution in [3.8, 4) is 0 Å². The molecule has 112 valence electrons. The Morgan fingerprint density at radius 2 is 2.30 bits per heavy atom. The largest absolute Gasteiger partial charge is 0.380 e. The average molecular weight is 321 g/mol. The molecule has 0 aliphatic carbocycles. The van der Waals surface area contributed by atoms with E-state index in [2.05, 4.69) is 5.32 Å². The molecule has 0 radical (unpaired) electrons. The van der Waals surface area contributed by atoms with E-state index in [4.69, 9.17) is 4.74 Å². The first-order valence-corrected chi connectivity index (χ1v) is 8.15. The van der Waals surface area contributed by atoms with Crippen molar-refractivity contribution in [1.82, 2.24) is 4.31 Å². The number of anilines is 1. The monoisotopic (exact) mass is 321 g/mol. The Morgan fingerprint density at radius 1 is 1.60 bits per heavy atom. The molecule has 1 aromatic heterocycles. The summed E-state index contributed by atoms with van der Waals surface area (Å²) in [5.74, 6) is 0. The van der Waals surface area contributed by atoms with E-state index in [-0.39, 0.29) is 20.9 Å². The first-order valence-electron chi connectivity index (χ1n) is 5.89. The van der Waals surface area contributed by atoms with E-state index < -0.39 is 14.9 Å². The summed E-state index contributed by atoms with van der Waals surface area (Å²) in [6.07, 6.45) is 0.627. The molecule has 10 heteroatoms. The Kier molecular flexibility index (Phi) is 4.28. The van der Waals surface area contributed by atoms with Gasteiger partial charge in [-0.15, -0.1) is 0 Å². The number of hydrogen-bond donors (Lipinski definition) is 1. The number of nitro groups is 1. The molecule has 0 spiro atoms. The predicted octanol–water partition coefficient (Wildman–Crippen LogP) is 1.11. The van der Waals surface area contributed by atoms with Gasteiger partial charge >= 0.3 is 5.69 Å². The maximum Gasteiger partial charge on any atom is 0.304 e. The fourth-order valence-electron chi connectivity index (χ4n) is 1.95. The van der Waals surface area contributed by atoms with E-state index in [1.165, 1.54) is 18.4 Å². The Morgan fingerprint density at radius 3 is 2.75 bits per heavy atom. The van der Waals surface area contributed by atoms with Crippen LogP contribution in [0.25, 0.3) is 0 Å². The standard InChI is InChI=1S/C10H15N3O5S2/c1-11-10-8(13(14)15)5-9(19-10)20(16,17)12(2)7-3-4-18-6-7/h5,7,11H,3-4,6H2,1-2H3. The second-order valence-corrected chi connectivity index (χ2v) is 7.60. The van der Waals surface area contributed by atoms with Crippen LogP contribution < -0.4 is 5.32 Å². The summed E-state index contributed by atoms with van der Waals surface area (Å²) in [5.41, 5.74) is -0.229. The van der Waals surface area contributed by atoms with Crippen LogP contribution in [0.4, 0.5) is 10.7 Å². The normalized spacial score (nSPS) is 19.4. The average Bonchev–Trinajstić information content (AvgIpc) is 3.06. The van der Waals surface area contributed by atoms with E-state index in [9.17, 15) is 18.5 Å². The summed E-state index contributed by atoms with van der Waals surface area (Å²) >= 11 is 0.859. The third kappa shape index (κ3) is 2.64. The molecule has 1 aliphatic heterocycles. The molecule has 20 heavy (non-hydrogen) atoms. The number of thiophene rings is 1. The van der Waals surface area contributed by atoms with Crippen molar-refractivity contribution in [3.05, 3.63) is 16.2 Å². The molecule has 2 heterocycles. The molecule has 1 unspecified atom stereocenters. The highest BCUT2D eigenvalue weighted by atomic mass is 32.2. The fraction of sp³-hybridized carbons (Fsp3) is 0.600. The maximum atomic E-state index is 12.5. The molecule has 0 amide bonds. The van der Waals surface area contributed by atoms with Crippen LogP contribution in [0.3, 0.4) is 0 Å². The summed E-state index contributed by atoms with van der Waals surface area (Å²) in [6, 6.07) is 0.872. The van der Waals surface area contributed by atoms with Crippen LogP contribution in [0, 0.1) is 10.1 Å². The third-order valence-corrected chi connectivity index (χ3v) is 6.67. The highest BCUT2D eigenvalue weighted by molar-refractivity contribution is 7.91. The lowest BCUT2D eigenvalue weighted by Crippen LogP contribution is -2.36.